The molecule has 1 aliphatic heterocycles. The van der Waals surface area contributed by atoms with Crippen LogP contribution in [-0.4, -0.2) is 135 Å². The third-order valence-corrected chi connectivity index (χ3v) is 11.8. The number of phosphoric ester groups is 3. The van der Waals surface area contributed by atoms with Crippen molar-refractivity contribution < 1.29 is 80.8 Å². The van der Waals surface area contributed by atoms with Crippen LogP contribution in [0.2, 0.25) is 0 Å². The van der Waals surface area contributed by atoms with E-state index in [2.05, 4.69) is 34.4 Å². The number of carbonyl (C=O) groups excluding carboxylic acids is 2. The van der Waals surface area contributed by atoms with Crippen LogP contribution < -0.4 is 16.4 Å². The topological polar surface area (TPSA) is 367 Å². The van der Waals surface area contributed by atoms with E-state index in [1.165, 1.54) is 13.8 Å². The monoisotopic (exact) mass is 853 g/mol. The number of hydrogen-bond donors (Lipinski definition) is 10. The molecule has 3 heterocycles. The van der Waals surface area contributed by atoms with E-state index >= 15 is 0 Å². The highest BCUT2D eigenvalue weighted by atomic mass is 32.2. The lowest BCUT2D eigenvalue weighted by atomic mass is 9.87. The van der Waals surface area contributed by atoms with E-state index in [1.807, 2.05) is 6.92 Å². The highest BCUT2D eigenvalue weighted by Gasteiger charge is 2.50. The molecule has 308 valence electrons. The average molecular weight is 854 g/mol. The lowest BCUT2D eigenvalue weighted by Gasteiger charge is -2.30. The van der Waals surface area contributed by atoms with Crippen molar-refractivity contribution in [2.45, 2.75) is 76.8 Å². The van der Waals surface area contributed by atoms with Crippen molar-refractivity contribution >= 4 is 64.0 Å². The Morgan fingerprint density at radius 3 is 2.41 bits per heavy atom. The van der Waals surface area contributed by atoms with Crippen LogP contribution in [0.5, 0.6) is 0 Å². The van der Waals surface area contributed by atoms with Gasteiger partial charge in [-0.05, 0) is 18.6 Å². The molecule has 0 saturated carbocycles. The molecule has 11 N–H and O–H groups in total. The summed E-state index contributed by atoms with van der Waals surface area (Å²) in [6, 6.07) is 0. The van der Waals surface area contributed by atoms with E-state index in [0.29, 0.717) is 25.1 Å². The quantitative estimate of drug-likeness (QED) is 0.0488. The predicted octanol–water partition coefficient (Wildman–Crippen LogP) is -0.701. The normalized spacial score (nSPS) is 22.7. The van der Waals surface area contributed by atoms with Gasteiger partial charge in [-0.2, -0.15) is 16.1 Å². The number of nitrogens with zero attached hydrogens (tertiary/aromatic N) is 4. The summed E-state index contributed by atoms with van der Waals surface area (Å²) in [5.74, 6) is 0.0251. The summed E-state index contributed by atoms with van der Waals surface area (Å²) >= 11 is 1.57. The SMILES string of the molecule is CC[C@H](O)CCSCCNC(=O)CCNC(=O)[C@H](O)C(C)(C)COP(=O)(O)OP(=O)(O)OC[C@H]1O[C@@H](n2cnc3c(N)ncnc32)[C@H](O)[C@@H]1OP(=O)(O)O. The van der Waals surface area contributed by atoms with E-state index in [1.54, 1.807) is 11.8 Å². The maximum atomic E-state index is 12.7. The minimum atomic E-state index is -5.55. The third-order valence-electron chi connectivity index (χ3n) is 7.71. The Morgan fingerprint density at radius 1 is 1.06 bits per heavy atom. The molecule has 0 aliphatic carbocycles. The predicted molar refractivity (Wildman–Crippen MR) is 188 cm³/mol. The number of aromatic nitrogens is 4. The van der Waals surface area contributed by atoms with Crippen LogP contribution in [0, 0.1) is 5.41 Å². The van der Waals surface area contributed by atoms with Crippen molar-refractivity contribution in [3.05, 3.63) is 12.7 Å². The molecule has 2 unspecified atom stereocenters. The lowest BCUT2D eigenvalue weighted by molar-refractivity contribution is -0.137. The van der Waals surface area contributed by atoms with Crippen LogP contribution in [0.4, 0.5) is 5.82 Å². The summed E-state index contributed by atoms with van der Waals surface area (Å²) in [5.41, 5.74) is 4.29. The first-order valence-electron chi connectivity index (χ1n) is 16.2. The van der Waals surface area contributed by atoms with E-state index in [-0.39, 0.29) is 42.0 Å². The van der Waals surface area contributed by atoms with Gasteiger partial charge in [-0.15, -0.1) is 0 Å². The van der Waals surface area contributed by atoms with Gasteiger partial charge in [-0.25, -0.2) is 28.6 Å². The smallest absolute Gasteiger partial charge is 0.393 e. The first-order valence-corrected chi connectivity index (χ1v) is 21.9. The number of hydrogen-bond acceptors (Lipinski definition) is 18. The molecule has 0 aromatic carbocycles. The highest BCUT2D eigenvalue weighted by molar-refractivity contribution is 7.99. The number of ether oxygens (including phenoxy) is 1. The minimum absolute atomic E-state index is 0.0350. The van der Waals surface area contributed by atoms with Gasteiger partial charge in [0.2, 0.25) is 11.8 Å². The van der Waals surface area contributed by atoms with Crippen LogP contribution in [0.25, 0.3) is 11.2 Å². The maximum Gasteiger partial charge on any atom is 0.481 e. The molecule has 1 saturated heterocycles. The number of amides is 2. The fourth-order valence-electron chi connectivity index (χ4n) is 4.73. The third kappa shape index (κ3) is 14.1. The number of phosphoric acid groups is 3. The van der Waals surface area contributed by atoms with Gasteiger partial charge in [0.1, 0.15) is 36.3 Å². The van der Waals surface area contributed by atoms with Crippen LogP contribution in [0.15, 0.2) is 12.7 Å². The average Bonchev–Trinajstić information content (AvgIpc) is 3.64. The summed E-state index contributed by atoms with van der Waals surface area (Å²) in [6.45, 7) is 2.65. The van der Waals surface area contributed by atoms with Gasteiger partial charge in [-0.3, -0.25) is 27.7 Å². The molecule has 24 nitrogen and oxygen atoms in total. The standard InChI is InChI=1S/C26H46N7O17P3S/c1-4-15(34)6-9-54-10-8-28-17(35)5-7-29-24(38)21(37)26(2,3)12-47-53(44,45)50-52(42,43)46-11-16-20(49-51(39,40)41)19(36)25(48-16)33-14-32-18-22(27)30-13-31-23(18)33/h13-16,19-21,25,34,36-37H,4-12H2,1-3H3,(H,28,35)(H,29,38)(H,42,43)(H,44,45)(H2,27,30,31)(H2,39,40,41)/t15-,16+,19+,20+,21-,25+/m0/s1. The molecule has 54 heavy (non-hydrogen) atoms. The maximum absolute atomic E-state index is 12.7. The van der Waals surface area contributed by atoms with Crippen LogP contribution in [0.3, 0.4) is 0 Å². The number of rotatable bonds is 23. The Balaban J connectivity index is 1.49. The van der Waals surface area contributed by atoms with Gasteiger partial charge in [0.25, 0.3) is 0 Å². The summed E-state index contributed by atoms with van der Waals surface area (Å²) in [5, 5.41) is 36.0. The Labute approximate surface area is 313 Å². The number of anilines is 1. The van der Waals surface area contributed by atoms with Crippen molar-refractivity contribution in [3.63, 3.8) is 0 Å². The number of carbonyl (C=O) groups is 2. The minimum Gasteiger partial charge on any atom is -0.393 e. The number of nitrogens with one attached hydrogen (secondary N) is 2. The molecule has 3 rings (SSSR count). The number of aliphatic hydroxyl groups excluding tert-OH is 3. The number of nitrogen functional groups attached to an aromatic ring is 1. The molecule has 1 aliphatic rings. The zero-order valence-corrected chi connectivity index (χ0v) is 32.8. The second-order valence-corrected chi connectivity index (χ2v) is 18.0. The van der Waals surface area contributed by atoms with E-state index in [4.69, 9.17) is 19.5 Å². The highest BCUT2D eigenvalue weighted by Crippen LogP contribution is 2.61. The summed E-state index contributed by atoms with van der Waals surface area (Å²) in [4.78, 5) is 75.4. The number of aliphatic hydroxyl groups is 3. The Bertz CT molecular complexity index is 1720. The summed E-state index contributed by atoms with van der Waals surface area (Å²) < 4.78 is 62.0. The number of thioether (sulfide) groups is 1. The van der Waals surface area contributed by atoms with E-state index in [9.17, 15) is 58.2 Å². The summed E-state index contributed by atoms with van der Waals surface area (Å²) in [7, 11) is -16.3. The van der Waals surface area contributed by atoms with Crippen molar-refractivity contribution in [2.75, 3.05) is 43.5 Å². The zero-order chi connectivity index (χ0) is 40.5. The molecule has 2 amide bonds. The van der Waals surface area contributed by atoms with Gasteiger partial charge in [0.05, 0.1) is 25.6 Å². The Kier molecular flexibility index (Phi) is 17.0. The summed E-state index contributed by atoms with van der Waals surface area (Å²) in [6.07, 6.45) is -5.83. The Hall–Kier alpha value is -2.15. The molecule has 28 heteroatoms. The molecular weight excluding hydrogens is 807 g/mol. The second kappa shape index (κ2) is 19.8. The molecule has 0 spiro atoms. The number of nitrogens with two attached hydrogens (primary N) is 1. The Morgan fingerprint density at radius 2 is 1.74 bits per heavy atom. The van der Waals surface area contributed by atoms with E-state index in [0.717, 1.165) is 23.0 Å². The molecule has 0 bridgehead atoms. The van der Waals surface area contributed by atoms with Crippen LogP contribution >= 0.6 is 35.2 Å². The van der Waals surface area contributed by atoms with Crippen LogP contribution in [0.1, 0.15) is 46.3 Å². The molecule has 2 aromatic heterocycles. The zero-order valence-electron chi connectivity index (χ0n) is 29.3. The van der Waals surface area contributed by atoms with Crippen LogP contribution in [-0.2, 0) is 45.9 Å². The molecule has 2 aromatic rings. The van der Waals surface area contributed by atoms with Gasteiger partial charge in [0, 0.05) is 30.7 Å². The fourth-order valence-corrected chi connectivity index (χ4v) is 8.45. The van der Waals surface area contributed by atoms with Gasteiger partial charge in [0.15, 0.2) is 17.7 Å². The molecule has 0 radical (unpaired) electrons. The first kappa shape index (κ1) is 46.2. The van der Waals surface area contributed by atoms with Gasteiger partial charge >= 0.3 is 23.5 Å². The largest absolute Gasteiger partial charge is 0.481 e. The van der Waals surface area contributed by atoms with Gasteiger partial charge < -0.3 is 56.0 Å². The lowest BCUT2D eigenvalue weighted by Crippen LogP contribution is -2.46. The van der Waals surface area contributed by atoms with Crippen molar-refractivity contribution in [1.82, 2.24) is 30.2 Å². The fraction of sp³-hybridized carbons (Fsp3) is 0.731. The molecule has 8 atom stereocenters. The molecule has 1 fully saturated rings. The van der Waals surface area contributed by atoms with E-state index < -0.39 is 78.6 Å². The number of imidazole rings is 1. The van der Waals surface area contributed by atoms with Gasteiger partial charge in [-0.1, -0.05) is 20.8 Å². The first-order chi connectivity index (χ1) is 25.1. The second-order valence-electron chi connectivity index (χ2n) is 12.5. The molecular formula is C26H46N7O17P3S. The van der Waals surface area contributed by atoms with Crippen molar-refractivity contribution in [3.8, 4) is 0 Å². The van der Waals surface area contributed by atoms with Crippen molar-refractivity contribution in [1.29, 1.82) is 0 Å². The van der Waals surface area contributed by atoms with Crippen molar-refractivity contribution in [2.24, 2.45) is 5.41 Å². The number of fused-ring (bicyclic) bond motifs is 1.